The van der Waals surface area contributed by atoms with Crippen LogP contribution in [-0.4, -0.2) is 19.5 Å². The minimum atomic E-state index is -0.134. The number of para-hydroxylation sites is 1. The fourth-order valence-corrected chi connectivity index (χ4v) is 10.4. The Balaban J connectivity index is 1.03. The van der Waals surface area contributed by atoms with Crippen LogP contribution in [0.3, 0.4) is 0 Å². The second-order valence-electron chi connectivity index (χ2n) is 15.6. The first-order valence-corrected chi connectivity index (χ1v) is 20.3. The van der Waals surface area contributed by atoms with Crippen molar-refractivity contribution in [3.05, 3.63) is 181 Å². The zero-order chi connectivity index (χ0) is 37.8. The number of hydrogen-bond donors (Lipinski definition) is 0. The van der Waals surface area contributed by atoms with Crippen molar-refractivity contribution in [2.45, 2.75) is 19.3 Å². The van der Waals surface area contributed by atoms with E-state index >= 15 is 0 Å². The molecule has 268 valence electrons. The van der Waals surface area contributed by atoms with Crippen molar-refractivity contribution in [3.63, 3.8) is 0 Å². The second kappa shape index (κ2) is 12.0. The predicted molar refractivity (Wildman–Crippen MR) is 238 cm³/mol. The van der Waals surface area contributed by atoms with Gasteiger partial charge in [0.1, 0.15) is 0 Å². The molecule has 3 aromatic heterocycles. The molecule has 8 aromatic carbocycles. The van der Waals surface area contributed by atoms with E-state index in [1.165, 1.54) is 80.7 Å². The Morgan fingerprint density at radius 2 is 1.12 bits per heavy atom. The van der Waals surface area contributed by atoms with Crippen LogP contribution in [0.2, 0.25) is 0 Å². The van der Waals surface area contributed by atoms with Gasteiger partial charge in [-0.3, -0.25) is 0 Å². The molecule has 1 aliphatic heterocycles. The van der Waals surface area contributed by atoms with Gasteiger partial charge in [-0.25, -0.2) is 15.0 Å². The lowest BCUT2D eigenvalue weighted by Gasteiger charge is -2.35. The standard InChI is InChI=1S/C52H34N4S/c1-52(2)41-21-11-19-37-40-29-34(25-28-43(40)56(48(37)41)47-36-18-10-9-13-31(36)24-27-42(47)52)35-23-26-38-45(30-35)57-44-22-12-20-39(46(38)44)51-54-49(32-14-5-3-6-15-32)53-50(55-51)33-16-7-4-8-17-33/h3-30H,1-2H3. The fourth-order valence-electron chi connectivity index (χ4n) is 9.25. The summed E-state index contributed by atoms with van der Waals surface area (Å²) in [5.41, 5.74) is 11.8. The number of fused-ring (bicyclic) bond motifs is 10. The van der Waals surface area contributed by atoms with E-state index in [1.807, 2.05) is 47.7 Å². The summed E-state index contributed by atoms with van der Waals surface area (Å²) in [6.07, 6.45) is 0. The van der Waals surface area contributed by atoms with Crippen LogP contribution in [0.1, 0.15) is 25.0 Å². The molecule has 0 unspecified atom stereocenters. The van der Waals surface area contributed by atoms with E-state index in [2.05, 4.69) is 152 Å². The predicted octanol–water partition coefficient (Wildman–Crippen LogP) is 13.8. The van der Waals surface area contributed by atoms with E-state index in [9.17, 15) is 0 Å². The summed E-state index contributed by atoms with van der Waals surface area (Å²) in [6.45, 7) is 4.75. The number of rotatable bonds is 4. The minimum absolute atomic E-state index is 0.134. The summed E-state index contributed by atoms with van der Waals surface area (Å²) in [4.78, 5) is 15.1. The van der Waals surface area contributed by atoms with Crippen molar-refractivity contribution >= 4 is 64.1 Å². The molecule has 0 amide bonds. The lowest BCUT2D eigenvalue weighted by molar-refractivity contribution is 0.632. The molecular weight excluding hydrogens is 713 g/mol. The van der Waals surface area contributed by atoms with Gasteiger partial charge in [0, 0.05) is 58.4 Å². The normalized spacial score (nSPS) is 13.2. The van der Waals surface area contributed by atoms with E-state index < -0.39 is 0 Å². The number of nitrogens with zero attached hydrogens (tertiary/aromatic N) is 4. The van der Waals surface area contributed by atoms with Gasteiger partial charge in [-0.2, -0.15) is 0 Å². The molecule has 4 heterocycles. The highest BCUT2D eigenvalue weighted by atomic mass is 32.1. The average Bonchev–Trinajstić information content (AvgIpc) is 3.81. The number of thiophene rings is 1. The second-order valence-corrected chi connectivity index (χ2v) is 16.7. The van der Waals surface area contributed by atoms with Crippen LogP contribution < -0.4 is 0 Å². The van der Waals surface area contributed by atoms with Crippen LogP contribution in [0.5, 0.6) is 0 Å². The van der Waals surface area contributed by atoms with Crippen LogP contribution in [-0.2, 0) is 5.41 Å². The molecule has 4 nitrogen and oxygen atoms in total. The molecule has 57 heavy (non-hydrogen) atoms. The zero-order valence-corrected chi connectivity index (χ0v) is 32.2. The van der Waals surface area contributed by atoms with Gasteiger partial charge in [0.25, 0.3) is 0 Å². The summed E-state index contributed by atoms with van der Waals surface area (Å²) in [5.74, 6) is 2.00. The summed E-state index contributed by atoms with van der Waals surface area (Å²) in [7, 11) is 0. The number of hydrogen-bond acceptors (Lipinski definition) is 4. The Labute approximate surface area is 333 Å². The van der Waals surface area contributed by atoms with Gasteiger partial charge >= 0.3 is 0 Å². The van der Waals surface area contributed by atoms with Crippen LogP contribution in [0.15, 0.2) is 170 Å². The monoisotopic (exact) mass is 746 g/mol. The van der Waals surface area contributed by atoms with Crippen molar-refractivity contribution in [3.8, 4) is 51.0 Å². The van der Waals surface area contributed by atoms with Gasteiger partial charge in [-0.05, 0) is 51.9 Å². The molecule has 0 radical (unpaired) electrons. The maximum Gasteiger partial charge on any atom is 0.164 e. The number of benzene rings is 8. The van der Waals surface area contributed by atoms with Crippen molar-refractivity contribution in [1.29, 1.82) is 0 Å². The van der Waals surface area contributed by atoms with E-state index in [4.69, 9.17) is 15.0 Å². The quantitative estimate of drug-likeness (QED) is 0.180. The van der Waals surface area contributed by atoms with E-state index in [1.54, 1.807) is 0 Å². The lowest BCUT2D eigenvalue weighted by atomic mass is 9.74. The van der Waals surface area contributed by atoms with Crippen LogP contribution in [0.25, 0.3) is 104 Å². The molecule has 0 N–H and O–H groups in total. The molecule has 0 aliphatic carbocycles. The molecule has 1 aliphatic rings. The van der Waals surface area contributed by atoms with Crippen LogP contribution in [0, 0.1) is 0 Å². The summed E-state index contributed by atoms with van der Waals surface area (Å²) < 4.78 is 4.98. The first-order valence-electron chi connectivity index (χ1n) is 19.4. The first-order chi connectivity index (χ1) is 28.0. The van der Waals surface area contributed by atoms with Crippen molar-refractivity contribution in [2.24, 2.45) is 0 Å². The van der Waals surface area contributed by atoms with Crippen molar-refractivity contribution in [2.75, 3.05) is 0 Å². The highest BCUT2D eigenvalue weighted by molar-refractivity contribution is 7.26. The van der Waals surface area contributed by atoms with E-state index in [0.717, 1.165) is 16.7 Å². The van der Waals surface area contributed by atoms with Crippen LogP contribution in [0.4, 0.5) is 0 Å². The van der Waals surface area contributed by atoms with E-state index in [-0.39, 0.29) is 5.41 Å². The van der Waals surface area contributed by atoms with Gasteiger partial charge in [-0.15, -0.1) is 11.3 Å². The molecule has 12 rings (SSSR count). The van der Waals surface area contributed by atoms with E-state index in [0.29, 0.717) is 17.5 Å². The molecule has 0 fully saturated rings. The Hall–Kier alpha value is -6.95. The van der Waals surface area contributed by atoms with Gasteiger partial charge in [0.2, 0.25) is 0 Å². The minimum Gasteiger partial charge on any atom is -0.308 e. The van der Waals surface area contributed by atoms with Crippen molar-refractivity contribution in [1.82, 2.24) is 19.5 Å². The molecule has 0 bridgehead atoms. The SMILES string of the molecule is CC1(C)c2ccc3ccccc3c2-n2c3ccc(-c4ccc5c(c4)sc4cccc(-c6nc(-c7ccccc7)nc(-c7ccccc7)n6)c45)cc3c3cccc1c32. The topological polar surface area (TPSA) is 43.6 Å². The maximum absolute atomic E-state index is 5.09. The molecule has 0 spiro atoms. The molecule has 0 atom stereocenters. The van der Waals surface area contributed by atoms with Gasteiger partial charge in [0.05, 0.1) is 16.7 Å². The summed E-state index contributed by atoms with van der Waals surface area (Å²) in [5, 5.41) is 7.51. The average molecular weight is 747 g/mol. The third kappa shape index (κ3) is 4.76. The summed E-state index contributed by atoms with van der Waals surface area (Å²) >= 11 is 1.82. The Morgan fingerprint density at radius 3 is 1.91 bits per heavy atom. The van der Waals surface area contributed by atoms with Crippen molar-refractivity contribution < 1.29 is 0 Å². The molecule has 11 aromatic rings. The van der Waals surface area contributed by atoms with Crippen LogP contribution >= 0.6 is 11.3 Å². The maximum atomic E-state index is 5.09. The Kier molecular flexibility index (Phi) is 6.82. The molecular formula is C52H34N4S. The summed E-state index contributed by atoms with van der Waals surface area (Å²) in [6, 6.07) is 61.1. The molecule has 5 heteroatoms. The highest BCUT2D eigenvalue weighted by Gasteiger charge is 2.36. The zero-order valence-electron chi connectivity index (χ0n) is 31.4. The third-order valence-electron chi connectivity index (χ3n) is 12.0. The largest absolute Gasteiger partial charge is 0.308 e. The molecule has 0 saturated carbocycles. The third-order valence-corrected chi connectivity index (χ3v) is 13.1. The molecule has 0 saturated heterocycles. The number of aromatic nitrogens is 4. The van der Waals surface area contributed by atoms with Gasteiger partial charge in [-0.1, -0.05) is 159 Å². The fraction of sp³-hybridized carbons (Fsp3) is 0.0577. The van der Waals surface area contributed by atoms with Gasteiger partial charge in [0.15, 0.2) is 17.5 Å². The first kappa shape index (κ1) is 32.3. The lowest BCUT2D eigenvalue weighted by Crippen LogP contribution is -2.26. The highest BCUT2D eigenvalue weighted by Crippen LogP contribution is 2.50. The Morgan fingerprint density at radius 1 is 0.456 bits per heavy atom. The Bertz CT molecular complexity index is 3370. The van der Waals surface area contributed by atoms with Gasteiger partial charge < -0.3 is 4.57 Å². The smallest absolute Gasteiger partial charge is 0.164 e.